The number of aryl methyl sites for hydroxylation is 2. The number of rotatable bonds is 6. The van der Waals surface area contributed by atoms with Crippen molar-refractivity contribution in [1.29, 1.82) is 0 Å². The summed E-state index contributed by atoms with van der Waals surface area (Å²) < 4.78 is 4.75. The lowest BCUT2D eigenvalue weighted by Gasteiger charge is -2.13. The van der Waals surface area contributed by atoms with Gasteiger partial charge in [0.1, 0.15) is 5.82 Å². The van der Waals surface area contributed by atoms with Gasteiger partial charge in [0.2, 0.25) is 0 Å². The van der Waals surface area contributed by atoms with Gasteiger partial charge in [-0.1, -0.05) is 30.3 Å². The average molecular weight is 468 g/mol. The summed E-state index contributed by atoms with van der Waals surface area (Å²) >= 11 is 0. The molecule has 0 aliphatic rings. The second kappa shape index (κ2) is 10.0. The van der Waals surface area contributed by atoms with Crippen LogP contribution in [0.2, 0.25) is 0 Å². The lowest BCUT2D eigenvalue weighted by atomic mass is 10.0. The van der Waals surface area contributed by atoms with Crippen molar-refractivity contribution in [2.24, 2.45) is 0 Å². The SMILES string of the molecule is COC(=O)c1ccc(C(=O)Nc2ccc(Nc3nc(-c4ccccc4)ccc3N)nc2C)cc1C. The molecule has 2 heterocycles. The van der Waals surface area contributed by atoms with Crippen LogP contribution in [-0.4, -0.2) is 29.0 Å². The monoisotopic (exact) mass is 467 g/mol. The number of hydrogen-bond donors (Lipinski definition) is 3. The minimum absolute atomic E-state index is 0.309. The van der Waals surface area contributed by atoms with Crippen molar-refractivity contribution in [3.63, 3.8) is 0 Å². The smallest absolute Gasteiger partial charge is 0.338 e. The summed E-state index contributed by atoms with van der Waals surface area (Å²) in [5.41, 5.74) is 11.1. The number of nitrogens with one attached hydrogen (secondary N) is 2. The number of benzene rings is 2. The van der Waals surface area contributed by atoms with Gasteiger partial charge in [-0.2, -0.15) is 0 Å². The van der Waals surface area contributed by atoms with Crippen molar-refractivity contribution in [1.82, 2.24) is 9.97 Å². The molecule has 35 heavy (non-hydrogen) atoms. The van der Waals surface area contributed by atoms with E-state index in [4.69, 9.17) is 10.5 Å². The van der Waals surface area contributed by atoms with Crippen LogP contribution in [0.25, 0.3) is 11.3 Å². The fourth-order valence-electron chi connectivity index (χ4n) is 3.56. The molecule has 2 aromatic carbocycles. The lowest BCUT2D eigenvalue weighted by Crippen LogP contribution is -2.14. The van der Waals surface area contributed by atoms with Crippen LogP contribution in [0.1, 0.15) is 32.0 Å². The molecule has 4 N–H and O–H groups in total. The third-order valence-electron chi connectivity index (χ3n) is 5.47. The Bertz CT molecular complexity index is 1400. The molecule has 0 atom stereocenters. The minimum Gasteiger partial charge on any atom is -0.465 e. The number of nitrogen functional groups attached to an aromatic ring is 1. The number of ether oxygens (including phenoxy) is 1. The van der Waals surface area contributed by atoms with Crippen LogP contribution in [0.3, 0.4) is 0 Å². The molecular formula is C27H25N5O3. The van der Waals surface area contributed by atoms with E-state index in [0.717, 1.165) is 11.3 Å². The number of aromatic nitrogens is 2. The third kappa shape index (κ3) is 5.27. The molecule has 0 aliphatic carbocycles. The molecule has 0 unspecified atom stereocenters. The van der Waals surface area contributed by atoms with Crippen molar-refractivity contribution in [2.75, 3.05) is 23.5 Å². The third-order valence-corrected chi connectivity index (χ3v) is 5.47. The average Bonchev–Trinajstić information content (AvgIpc) is 2.87. The summed E-state index contributed by atoms with van der Waals surface area (Å²) in [7, 11) is 1.32. The Hall–Kier alpha value is -4.72. The molecule has 4 rings (SSSR count). The summed E-state index contributed by atoms with van der Waals surface area (Å²) in [5.74, 6) is 0.290. The molecular weight excluding hydrogens is 442 g/mol. The van der Waals surface area contributed by atoms with Gasteiger partial charge >= 0.3 is 5.97 Å². The van der Waals surface area contributed by atoms with E-state index in [0.29, 0.717) is 45.4 Å². The van der Waals surface area contributed by atoms with E-state index < -0.39 is 5.97 Å². The molecule has 0 aliphatic heterocycles. The number of pyridine rings is 2. The summed E-state index contributed by atoms with van der Waals surface area (Å²) in [6.45, 7) is 3.55. The highest BCUT2D eigenvalue weighted by molar-refractivity contribution is 6.05. The largest absolute Gasteiger partial charge is 0.465 e. The minimum atomic E-state index is -0.443. The molecule has 4 aromatic rings. The Labute approximate surface area is 203 Å². The van der Waals surface area contributed by atoms with E-state index in [1.807, 2.05) is 36.4 Å². The zero-order valence-corrected chi connectivity index (χ0v) is 19.6. The van der Waals surface area contributed by atoms with Gasteiger partial charge in [0.15, 0.2) is 5.82 Å². The number of anilines is 4. The highest BCUT2D eigenvalue weighted by Crippen LogP contribution is 2.26. The Balaban J connectivity index is 1.50. The maximum atomic E-state index is 12.8. The molecule has 0 fully saturated rings. The Morgan fingerprint density at radius 1 is 0.914 bits per heavy atom. The first-order valence-corrected chi connectivity index (χ1v) is 10.9. The number of carbonyl (C=O) groups is 2. The van der Waals surface area contributed by atoms with Crippen molar-refractivity contribution >= 4 is 34.9 Å². The van der Waals surface area contributed by atoms with Crippen molar-refractivity contribution in [3.05, 3.63) is 95.2 Å². The quantitative estimate of drug-likeness (QED) is 0.337. The van der Waals surface area contributed by atoms with E-state index >= 15 is 0 Å². The van der Waals surface area contributed by atoms with E-state index in [1.54, 1.807) is 50.2 Å². The summed E-state index contributed by atoms with van der Waals surface area (Å²) in [5, 5.41) is 6.03. The summed E-state index contributed by atoms with van der Waals surface area (Å²) in [6.07, 6.45) is 0. The van der Waals surface area contributed by atoms with Crippen molar-refractivity contribution in [2.45, 2.75) is 13.8 Å². The van der Waals surface area contributed by atoms with Gasteiger partial charge in [-0.3, -0.25) is 4.79 Å². The molecule has 0 radical (unpaired) electrons. The molecule has 0 spiro atoms. The van der Waals surface area contributed by atoms with Gasteiger partial charge in [0.05, 0.1) is 35.4 Å². The lowest BCUT2D eigenvalue weighted by molar-refractivity contribution is 0.0599. The van der Waals surface area contributed by atoms with Gasteiger partial charge < -0.3 is 21.1 Å². The fourth-order valence-corrected chi connectivity index (χ4v) is 3.56. The maximum absolute atomic E-state index is 12.8. The molecule has 176 valence electrons. The topological polar surface area (TPSA) is 119 Å². The number of methoxy groups -OCH3 is 1. The Kier molecular flexibility index (Phi) is 6.73. The molecule has 8 nitrogen and oxygen atoms in total. The first kappa shape index (κ1) is 23.4. The summed E-state index contributed by atoms with van der Waals surface area (Å²) in [4.78, 5) is 33.7. The highest BCUT2D eigenvalue weighted by atomic mass is 16.5. The fraction of sp³-hybridized carbons (Fsp3) is 0.111. The number of carbonyl (C=O) groups excluding carboxylic acids is 2. The number of amides is 1. The zero-order valence-electron chi connectivity index (χ0n) is 19.6. The van der Waals surface area contributed by atoms with Crippen LogP contribution in [-0.2, 0) is 4.74 Å². The number of esters is 1. The first-order valence-electron chi connectivity index (χ1n) is 10.9. The molecule has 0 saturated carbocycles. The van der Waals surface area contributed by atoms with Crippen LogP contribution < -0.4 is 16.4 Å². The molecule has 8 heteroatoms. The van der Waals surface area contributed by atoms with Gasteiger partial charge in [0.25, 0.3) is 5.91 Å². The van der Waals surface area contributed by atoms with Crippen LogP contribution in [0.4, 0.5) is 23.0 Å². The standard InChI is InChI=1S/C27H25N5O3/c1-16-15-19(9-10-20(16)27(34)35-3)26(33)31-22-13-14-24(29-17(22)2)32-25-21(28)11-12-23(30-25)18-7-5-4-6-8-18/h4-15H,28H2,1-3H3,(H,31,33)(H,29,30,32). The zero-order chi connectivity index (χ0) is 24.9. The number of hydrogen-bond acceptors (Lipinski definition) is 7. The number of nitrogens with two attached hydrogens (primary N) is 1. The predicted octanol–water partition coefficient (Wildman–Crippen LogP) is 5.13. The van der Waals surface area contributed by atoms with Crippen LogP contribution in [0, 0.1) is 13.8 Å². The Morgan fingerprint density at radius 2 is 1.69 bits per heavy atom. The van der Waals surface area contributed by atoms with E-state index in [1.165, 1.54) is 7.11 Å². The summed E-state index contributed by atoms with van der Waals surface area (Å²) in [6, 6.07) is 21.8. The highest BCUT2D eigenvalue weighted by Gasteiger charge is 2.14. The van der Waals surface area contributed by atoms with Gasteiger partial charge in [-0.05, 0) is 61.9 Å². The van der Waals surface area contributed by atoms with Gasteiger partial charge in [-0.25, -0.2) is 14.8 Å². The second-order valence-corrected chi connectivity index (χ2v) is 7.93. The molecule has 1 amide bonds. The molecule has 0 bridgehead atoms. The Morgan fingerprint density at radius 3 is 2.37 bits per heavy atom. The predicted molar refractivity (Wildman–Crippen MR) is 137 cm³/mol. The van der Waals surface area contributed by atoms with E-state index in [2.05, 4.69) is 20.6 Å². The maximum Gasteiger partial charge on any atom is 0.338 e. The molecule has 0 saturated heterocycles. The second-order valence-electron chi connectivity index (χ2n) is 7.93. The van der Waals surface area contributed by atoms with E-state index in [-0.39, 0.29) is 5.91 Å². The van der Waals surface area contributed by atoms with Crippen LogP contribution in [0.15, 0.2) is 72.8 Å². The molecule has 2 aromatic heterocycles. The van der Waals surface area contributed by atoms with Crippen molar-refractivity contribution in [3.8, 4) is 11.3 Å². The van der Waals surface area contributed by atoms with E-state index in [9.17, 15) is 9.59 Å². The van der Waals surface area contributed by atoms with Gasteiger partial charge in [-0.15, -0.1) is 0 Å². The normalized spacial score (nSPS) is 10.5. The van der Waals surface area contributed by atoms with Crippen molar-refractivity contribution < 1.29 is 14.3 Å². The van der Waals surface area contributed by atoms with Crippen LogP contribution in [0.5, 0.6) is 0 Å². The van der Waals surface area contributed by atoms with Crippen LogP contribution >= 0.6 is 0 Å². The number of nitrogens with zero attached hydrogens (tertiary/aromatic N) is 2. The van der Waals surface area contributed by atoms with Gasteiger partial charge in [0, 0.05) is 11.1 Å². The first-order chi connectivity index (χ1) is 16.9.